The van der Waals surface area contributed by atoms with E-state index in [1.807, 2.05) is 0 Å². The molecule has 3 rings (SSSR count). The third-order valence-corrected chi connectivity index (χ3v) is 3.88. The Bertz CT molecular complexity index is 907. The Balaban J connectivity index is 1.91. The highest BCUT2D eigenvalue weighted by molar-refractivity contribution is 6.11. The van der Waals surface area contributed by atoms with Crippen LogP contribution in [-0.4, -0.2) is 23.0 Å². The summed E-state index contributed by atoms with van der Waals surface area (Å²) in [5.41, 5.74) is 0.251. The van der Waals surface area contributed by atoms with Crippen LogP contribution in [0.5, 0.6) is 5.75 Å². The van der Waals surface area contributed by atoms with Crippen LogP contribution in [0.2, 0.25) is 0 Å². The van der Waals surface area contributed by atoms with E-state index in [2.05, 4.69) is 10.6 Å². The van der Waals surface area contributed by atoms with Gasteiger partial charge < -0.3 is 25.6 Å². The predicted molar refractivity (Wildman–Crippen MR) is 90.3 cm³/mol. The van der Waals surface area contributed by atoms with Crippen LogP contribution in [0, 0.1) is 10.1 Å². The molecule has 0 radical (unpaired) electrons. The van der Waals surface area contributed by atoms with Gasteiger partial charge in [-0.05, 0) is 23.8 Å². The number of benzene rings is 2. The van der Waals surface area contributed by atoms with Gasteiger partial charge in [-0.2, -0.15) is 0 Å². The zero-order chi connectivity index (χ0) is 18.8. The van der Waals surface area contributed by atoms with E-state index >= 15 is 0 Å². The molecule has 0 saturated heterocycles. The highest BCUT2D eigenvalue weighted by atomic mass is 16.6. The van der Waals surface area contributed by atoms with Crippen molar-refractivity contribution in [3.8, 4) is 5.75 Å². The maximum Gasteiger partial charge on any atom is 0.271 e. The van der Waals surface area contributed by atoms with E-state index in [-0.39, 0.29) is 17.1 Å². The standard InChI is InChI=1S/C17H15N3O6/c1-26-11-5-2-9(3-6-11)15(21)16(22)14-17(23)19-13-8-10(20(24)25)4-7-12(13)18-14/h2-8,15,18,21-22H,1H3,(H,19,23)/p-1. The minimum Gasteiger partial charge on any atom is -0.872 e. The van der Waals surface area contributed by atoms with Gasteiger partial charge in [0.05, 0.1) is 35.2 Å². The quantitative estimate of drug-likeness (QED) is 0.325. The summed E-state index contributed by atoms with van der Waals surface area (Å²) in [6.45, 7) is 0. The number of methoxy groups -OCH3 is 1. The molecule has 3 N–H and O–H groups in total. The van der Waals surface area contributed by atoms with Crippen molar-refractivity contribution in [1.29, 1.82) is 0 Å². The fraction of sp³-hybridized carbons (Fsp3) is 0.118. The molecule has 0 fully saturated rings. The molecule has 1 unspecified atom stereocenters. The lowest BCUT2D eigenvalue weighted by molar-refractivity contribution is -0.384. The average molecular weight is 356 g/mol. The molecule has 2 aromatic rings. The van der Waals surface area contributed by atoms with Crippen molar-refractivity contribution in [2.24, 2.45) is 0 Å². The number of anilines is 2. The first-order valence-corrected chi connectivity index (χ1v) is 7.50. The largest absolute Gasteiger partial charge is 0.872 e. The zero-order valence-electron chi connectivity index (χ0n) is 13.6. The third kappa shape index (κ3) is 3.15. The fourth-order valence-corrected chi connectivity index (χ4v) is 2.48. The summed E-state index contributed by atoms with van der Waals surface area (Å²) in [4.78, 5) is 22.4. The number of hydrogen-bond acceptors (Lipinski definition) is 7. The monoisotopic (exact) mass is 356 g/mol. The van der Waals surface area contributed by atoms with Crippen LogP contribution in [0.15, 0.2) is 53.9 Å². The third-order valence-electron chi connectivity index (χ3n) is 3.88. The number of hydrogen-bond donors (Lipinski definition) is 3. The smallest absolute Gasteiger partial charge is 0.271 e. The second kappa shape index (κ2) is 6.73. The molecule has 1 aliphatic heterocycles. The molecule has 1 atom stereocenters. The normalized spacial score (nSPS) is 16.0. The van der Waals surface area contributed by atoms with Gasteiger partial charge >= 0.3 is 0 Å². The lowest BCUT2D eigenvalue weighted by Gasteiger charge is -2.28. The Hall–Kier alpha value is -3.59. The van der Waals surface area contributed by atoms with Gasteiger partial charge in [0, 0.05) is 12.1 Å². The van der Waals surface area contributed by atoms with Gasteiger partial charge in [-0.1, -0.05) is 17.9 Å². The summed E-state index contributed by atoms with van der Waals surface area (Å²) >= 11 is 0. The number of nitrogens with zero attached hydrogens (tertiary/aromatic N) is 1. The SMILES string of the molecule is COc1ccc(C(O)C([O-])=C2Nc3ccc([N+](=O)[O-])cc3NC2=O)cc1. The van der Waals surface area contributed by atoms with Gasteiger partial charge in [-0.3, -0.25) is 14.9 Å². The van der Waals surface area contributed by atoms with E-state index in [0.717, 1.165) is 0 Å². The van der Waals surface area contributed by atoms with E-state index in [9.17, 15) is 25.1 Å². The molecule has 0 spiro atoms. The number of aliphatic hydroxyl groups excluding tert-OH is 1. The maximum atomic E-state index is 12.5. The number of fused-ring (bicyclic) bond motifs is 1. The van der Waals surface area contributed by atoms with E-state index in [0.29, 0.717) is 17.0 Å². The number of non-ortho nitro benzene ring substituents is 1. The molecule has 0 saturated carbocycles. The van der Waals surface area contributed by atoms with E-state index in [4.69, 9.17) is 4.74 Å². The van der Waals surface area contributed by atoms with Gasteiger partial charge in [0.15, 0.2) is 0 Å². The number of ether oxygens (including phenoxy) is 1. The van der Waals surface area contributed by atoms with Gasteiger partial charge in [0.1, 0.15) is 5.75 Å². The zero-order valence-corrected chi connectivity index (χ0v) is 13.6. The Morgan fingerprint density at radius 2 is 1.85 bits per heavy atom. The Morgan fingerprint density at radius 3 is 2.46 bits per heavy atom. The fourth-order valence-electron chi connectivity index (χ4n) is 2.48. The van der Waals surface area contributed by atoms with Gasteiger partial charge in [0.2, 0.25) is 0 Å². The van der Waals surface area contributed by atoms with Crippen molar-refractivity contribution in [2.45, 2.75) is 6.10 Å². The van der Waals surface area contributed by atoms with E-state index in [1.54, 1.807) is 12.1 Å². The number of carbonyl (C=O) groups excluding carboxylic acids is 1. The molecule has 26 heavy (non-hydrogen) atoms. The molecule has 134 valence electrons. The Morgan fingerprint density at radius 1 is 1.15 bits per heavy atom. The number of aliphatic hydroxyl groups is 1. The molecule has 1 amide bonds. The first-order valence-electron chi connectivity index (χ1n) is 7.50. The highest BCUT2D eigenvalue weighted by Gasteiger charge is 2.24. The average Bonchev–Trinajstić information content (AvgIpc) is 2.65. The number of nitro groups is 1. The number of carbonyl (C=O) groups is 1. The molecule has 1 heterocycles. The molecule has 0 bridgehead atoms. The molecule has 0 aliphatic carbocycles. The summed E-state index contributed by atoms with van der Waals surface area (Å²) in [6, 6.07) is 9.99. The minimum absolute atomic E-state index is 0.180. The molecular weight excluding hydrogens is 342 g/mol. The second-order valence-corrected chi connectivity index (χ2v) is 5.48. The van der Waals surface area contributed by atoms with Crippen LogP contribution in [0.3, 0.4) is 0 Å². The summed E-state index contributed by atoms with van der Waals surface area (Å²) in [7, 11) is 1.49. The first kappa shape index (κ1) is 17.2. The summed E-state index contributed by atoms with van der Waals surface area (Å²) < 4.78 is 5.01. The van der Waals surface area contributed by atoms with Crippen LogP contribution in [0.25, 0.3) is 0 Å². The lowest BCUT2D eigenvalue weighted by atomic mass is 10.0. The minimum atomic E-state index is -1.55. The predicted octanol–water partition coefficient (Wildman–Crippen LogP) is 1.27. The maximum absolute atomic E-state index is 12.5. The summed E-state index contributed by atoms with van der Waals surface area (Å²) in [5, 5.41) is 38.6. The second-order valence-electron chi connectivity index (χ2n) is 5.48. The highest BCUT2D eigenvalue weighted by Crippen LogP contribution is 2.33. The first-order chi connectivity index (χ1) is 12.4. The Labute approximate surface area is 147 Å². The van der Waals surface area contributed by atoms with Crippen molar-refractivity contribution >= 4 is 23.0 Å². The number of nitro benzene ring substituents is 1. The van der Waals surface area contributed by atoms with Crippen molar-refractivity contribution in [3.63, 3.8) is 0 Å². The van der Waals surface area contributed by atoms with Gasteiger partial charge in [-0.25, -0.2) is 0 Å². The molecule has 9 heteroatoms. The molecule has 1 aliphatic rings. The number of nitrogens with one attached hydrogen (secondary N) is 2. The van der Waals surface area contributed by atoms with Crippen LogP contribution in [-0.2, 0) is 4.79 Å². The van der Waals surface area contributed by atoms with Crippen molar-refractivity contribution in [3.05, 3.63) is 69.6 Å². The van der Waals surface area contributed by atoms with Crippen LogP contribution >= 0.6 is 0 Å². The van der Waals surface area contributed by atoms with Crippen LogP contribution in [0.1, 0.15) is 11.7 Å². The molecular formula is C17H14N3O6-. The summed E-state index contributed by atoms with van der Waals surface area (Å²) in [5.74, 6) is -1.04. The topological polar surface area (TPSA) is 137 Å². The van der Waals surface area contributed by atoms with Crippen molar-refractivity contribution in [1.82, 2.24) is 0 Å². The van der Waals surface area contributed by atoms with Crippen LogP contribution < -0.4 is 20.5 Å². The van der Waals surface area contributed by atoms with E-state index in [1.165, 1.54) is 37.4 Å². The molecule has 2 aromatic carbocycles. The molecule has 0 aromatic heterocycles. The lowest BCUT2D eigenvalue weighted by Crippen LogP contribution is -2.31. The Kier molecular flexibility index (Phi) is 4.46. The number of amides is 1. The molecule has 9 nitrogen and oxygen atoms in total. The van der Waals surface area contributed by atoms with Crippen molar-refractivity contribution in [2.75, 3.05) is 17.7 Å². The van der Waals surface area contributed by atoms with Crippen LogP contribution in [0.4, 0.5) is 17.1 Å². The number of rotatable bonds is 4. The summed E-state index contributed by atoms with van der Waals surface area (Å²) in [6.07, 6.45) is -1.55. The van der Waals surface area contributed by atoms with Crippen molar-refractivity contribution < 1.29 is 24.7 Å². The van der Waals surface area contributed by atoms with Gasteiger partial charge in [-0.15, -0.1) is 0 Å². The van der Waals surface area contributed by atoms with E-state index < -0.39 is 22.7 Å². The van der Waals surface area contributed by atoms with Gasteiger partial charge in [0.25, 0.3) is 11.6 Å².